The molecule has 2 atom stereocenters. The summed E-state index contributed by atoms with van der Waals surface area (Å²) in [6, 6.07) is 9.02. The standard InChI is InChI=1S/C15H21N3S.HI/c1-11-4-2-3-5-12(11)13-10-14(13)17-15(16)18-6-8-19-9-7-18;/h2-5,13-14H,6-10H2,1H3,(H2,16,17);1H. The topological polar surface area (TPSA) is 41.6 Å². The number of thioether (sulfide) groups is 1. The zero-order valence-electron chi connectivity index (χ0n) is 11.8. The summed E-state index contributed by atoms with van der Waals surface area (Å²) >= 11 is 2.00. The first-order valence-corrected chi connectivity index (χ1v) is 8.12. The van der Waals surface area contributed by atoms with Crippen molar-refractivity contribution in [2.45, 2.75) is 25.3 Å². The predicted octanol–water partition coefficient (Wildman–Crippen LogP) is 2.83. The van der Waals surface area contributed by atoms with Crippen molar-refractivity contribution in [1.82, 2.24) is 4.90 Å². The first kappa shape index (κ1) is 15.9. The summed E-state index contributed by atoms with van der Waals surface area (Å²) in [4.78, 5) is 6.95. The summed E-state index contributed by atoms with van der Waals surface area (Å²) in [7, 11) is 0. The lowest BCUT2D eigenvalue weighted by molar-refractivity contribution is 0.455. The van der Waals surface area contributed by atoms with E-state index in [2.05, 4.69) is 36.1 Å². The van der Waals surface area contributed by atoms with Gasteiger partial charge in [-0.15, -0.1) is 24.0 Å². The molecule has 1 aromatic carbocycles. The van der Waals surface area contributed by atoms with E-state index < -0.39 is 0 Å². The van der Waals surface area contributed by atoms with Crippen molar-refractivity contribution in [2.75, 3.05) is 24.6 Å². The fourth-order valence-corrected chi connectivity index (χ4v) is 3.61. The highest BCUT2D eigenvalue weighted by atomic mass is 127. The van der Waals surface area contributed by atoms with Crippen molar-refractivity contribution in [3.8, 4) is 0 Å². The van der Waals surface area contributed by atoms with E-state index in [0.717, 1.165) is 25.5 Å². The zero-order chi connectivity index (χ0) is 13.2. The molecule has 0 spiro atoms. The van der Waals surface area contributed by atoms with E-state index >= 15 is 0 Å². The van der Waals surface area contributed by atoms with E-state index in [-0.39, 0.29) is 24.0 Å². The number of halogens is 1. The normalized spacial score (nSPS) is 26.1. The minimum Gasteiger partial charge on any atom is -0.370 e. The van der Waals surface area contributed by atoms with Crippen LogP contribution in [0.4, 0.5) is 0 Å². The minimum atomic E-state index is 0. The summed E-state index contributed by atoms with van der Waals surface area (Å²) in [5, 5.41) is 0. The molecule has 20 heavy (non-hydrogen) atoms. The summed E-state index contributed by atoms with van der Waals surface area (Å²) in [6.45, 7) is 4.27. The SMILES string of the molecule is Cc1ccccc1C1CC1N=C(N)N1CCSCC1.I. The Bertz CT molecular complexity index is 486. The molecule has 3 rings (SSSR count). The Morgan fingerprint density at radius 1 is 1.30 bits per heavy atom. The molecule has 1 saturated heterocycles. The van der Waals surface area contributed by atoms with Gasteiger partial charge in [-0.3, -0.25) is 0 Å². The largest absolute Gasteiger partial charge is 0.370 e. The monoisotopic (exact) mass is 403 g/mol. The average Bonchev–Trinajstić information content (AvgIpc) is 3.19. The third-order valence-corrected chi connectivity index (χ3v) is 4.92. The van der Waals surface area contributed by atoms with Crippen molar-refractivity contribution in [3.63, 3.8) is 0 Å². The summed E-state index contributed by atoms with van der Waals surface area (Å²) in [6.07, 6.45) is 1.15. The molecular formula is C15H22IN3S. The molecule has 3 nitrogen and oxygen atoms in total. The minimum absolute atomic E-state index is 0. The van der Waals surface area contributed by atoms with E-state index in [1.165, 1.54) is 22.6 Å². The lowest BCUT2D eigenvalue weighted by atomic mass is 10.0. The molecule has 2 N–H and O–H groups in total. The maximum absolute atomic E-state index is 6.13. The van der Waals surface area contributed by atoms with Gasteiger partial charge in [-0.25, -0.2) is 4.99 Å². The van der Waals surface area contributed by atoms with E-state index in [0.29, 0.717) is 12.0 Å². The Morgan fingerprint density at radius 3 is 2.70 bits per heavy atom. The quantitative estimate of drug-likeness (QED) is 0.469. The smallest absolute Gasteiger partial charge is 0.191 e. The maximum Gasteiger partial charge on any atom is 0.191 e. The molecule has 1 heterocycles. The highest BCUT2D eigenvalue weighted by molar-refractivity contribution is 14.0. The number of guanidine groups is 1. The Hall–Kier alpha value is -0.430. The van der Waals surface area contributed by atoms with Gasteiger partial charge in [0.05, 0.1) is 6.04 Å². The predicted molar refractivity (Wildman–Crippen MR) is 98.3 cm³/mol. The van der Waals surface area contributed by atoms with E-state index in [9.17, 15) is 0 Å². The van der Waals surface area contributed by atoms with Gasteiger partial charge in [0.25, 0.3) is 0 Å². The highest BCUT2D eigenvalue weighted by Crippen LogP contribution is 2.44. The molecular weight excluding hydrogens is 381 g/mol. The fraction of sp³-hybridized carbons (Fsp3) is 0.533. The van der Waals surface area contributed by atoms with Crippen molar-refractivity contribution < 1.29 is 0 Å². The summed E-state index contributed by atoms with van der Waals surface area (Å²) in [5.41, 5.74) is 8.95. The van der Waals surface area contributed by atoms with Gasteiger partial charge in [-0.2, -0.15) is 11.8 Å². The van der Waals surface area contributed by atoms with Gasteiger partial charge in [0.2, 0.25) is 0 Å². The molecule has 1 aromatic rings. The van der Waals surface area contributed by atoms with Crippen LogP contribution in [0.1, 0.15) is 23.5 Å². The van der Waals surface area contributed by atoms with Crippen LogP contribution >= 0.6 is 35.7 Å². The van der Waals surface area contributed by atoms with E-state index in [1.54, 1.807) is 0 Å². The van der Waals surface area contributed by atoms with Gasteiger partial charge < -0.3 is 10.6 Å². The molecule has 5 heteroatoms. The molecule has 1 aliphatic heterocycles. The molecule has 1 saturated carbocycles. The molecule has 110 valence electrons. The number of hydrogen-bond acceptors (Lipinski definition) is 2. The summed E-state index contributed by atoms with van der Waals surface area (Å²) in [5.74, 6) is 3.67. The molecule has 0 amide bonds. The first-order valence-electron chi connectivity index (χ1n) is 6.97. The van der Waals surface area contributed by atoms with Gasteiger partial charge in [-0.1, -0.05) is 24.3 Å². The van der Waals surface area contributed by atoms with Crippen LogP contribution in [0.25, 0.3) is 0 Å². The molecule has 0 aromatic heterocycles. The van der Waals surface area contributed by atoms with Gasteiger partial charge in [0.1, 0.15) is 0 Å². The second kappa shape index (κ2) is 7.02. The lowest BCUT2D eigenvalue weighted by Gasteiger charge is -2.27. The zero-order valence-corrected chi connectivity index (χ0v) is 14.9. The van der Waals surface area contributed by atoms with Gasteiger partial charge in [0, 0.05) is 30.5 Å². The van der Waals surface area contributed by atoms with E-state index in [4.69, 9.17) is 10.7 Å². The molecule has 2 fully saturated rings. The van der Waals surface area contributed by atoms with Crippen LogP contribution in [-0.2, 0) is 0 Å². The number of hydrogen-bond donors (Lipinski definition) is 1. The van der Waals surface area contributed by atoms with Crippen LogP contribution in [0, 0.1) is 6.92 Å². The third kappa shape index (κ3) is 3.61. The van der Waals surface area contributed by atoms with Gasteiger partial charge >= 0.3 is 0 Å². The summed E-state index contributed by atoms with van der Waals surface area (Å²) < 4.78 is 0. The number of benzene rings is 1. The van der Waals surface area contributed by atoms with Crippen molar-refractivity contribution in [1.29, 1.82) is 0 Å². The Labute approximate surface area is 142 Å². The number of nitrogens with zero attached hydrogens (tertiary/aromatic N) is 2. The molecule has 0 bridgehead atoms. The van der Waals surface area contributed by atoms with Crippen molar-refractivity contribution >= 4 is 41.7 Å². The van der Waals surface area contributed by atoms with Crippen LogP contribution in [0.2, 0.25) is 0 Å². The van der Waals surface area contributed by atoms with Crippen LogP contribution < -0.4 is 5.73 Å². The van der Waals surface area contributed by atoms with Gasteiger partial charge in [-0.05, 0) is 24.5 Å². The highest BCUT2D eigenvalue weighted by Gasteiger charge is 2.39. The molecule has 1 aliphatic carbocycles. The third-order valence-electron chi connectivity index (χ3n) is 3.98. The number of nitrogens with two attached hydrogens (primary N) is 1. The molecule has 0 radical (unpaired) electrons. The van der Waals surface area contributed by atoms with Crippen molar-refractivity contribution in [3.05, 3.63) is 35.4 Å². The Morgan fingerprint density at radius 2 is 2.00 bits per heavy atom. The molecule has 2 aliphatic rings. The van der Waals surface area contributed by atoms with E-state index in [1.807, 2.05) is 11.8 Å². The molecule has 2 unspecified atom stereocenters. The number of rotatable bonds is 2. The van der Waals surface area contributed by atoms with Crippen LogP contribution in [0.3, 0.4) is 0 Å². The van der Waals surface area contributed by atoms with Crippen LogP contribution in [-0.4, -0.2) is 41.5 Å². The van der Waals surface area contributed by atoms with Crippen LogP contribution in [0.5, 0.6) is 0 Å². The fourth-order valence-electron chi connectivity index (χ4n) is 2.71. The van der Waals surface area contributed by atoms with Gasteiger partial charge in [0.15, 0.2) is 5.96 Å². The Balaban J connectivity index is 0.00000147. The number of aryl methyl sites for hydroxylation is 1. The average molecular weight is 403 g/mol. The first-order chi connectivity index (χ1) is 9.25. The second-order valence-corrected chi connectivity index (χ2v) is 6.58. The maximum atomic E-state index is 6.13. The van der Waals surface area contributed by atoms with Crippen LogP contribution in [0.15, 0.2) is 29.3 Å². The second-order valence-electron chi connectivity index (χ2n) is 5.35. The lowest BCUT2D eigenvalue weighted by Crippen LogP contribution is -2.42. The Kier molecular flexibility index (Phi) is 5.60. The van der Waals surface area contributed by atoms with Crippen molar-refractivity contribution in [2.24, 2.45) is 10.7 Å². The number of aliphatic imine (C=N–C) groups is 1.